The normalized spacial score (nSPS) is 6.20. The number of hydrogen-bond acceptors (Lipinski definition) is 3. The van der Waals surface area contributed by atoms with Gasteiger partial charge >= 0.3 is 35.5 Å². The fourth-order valence-corrected chi connectivity index (χ4v) is 0. The third kappa shape index (κ3) is 104. The van der Waals surface area contributed by atoms with Crippen molar-refractivity contribution in [2.45, 2.75) is 6.92 Å². The predicted molar refractivity (Wildman–Crippen MR) is 37.1 cm³/mol. The van der Waals surface area contributed by atoms with E-state index in [1.165, 1.54) is 0 Å². The van der Waals surface area contributed by atoms with Crippen molar-refractivity contribution in [1.29, 1.82) is 0 Å². The van der Waals surface area contributed by atoms with E-state index >= 15 is 0 Å². The molecule has 5 nitrogen and oxygen atoms in total. The van der Waals surface area contributed by atoms with E-state index in [-0.39, 0.29) is 36.1 Å². The van der Waals surface area contributed by atoms with Crippen molar-refractivity contribution in [3.63, 3.8) is 0 Å². The molecule has 56 valence electrons. The van der Waals surface area contributed by atoms with Gasteiger partial charge in [0, 0.05) is 6.92 Å². The molecule has 0 atom stereocenters. The standard InChI is InChI=1S/C2H5NO2.C2H4O2.Na.H/c3-1-2(4)5;1-2(3)4;;/h1,3H2,(H,4,5);1H3,(H,3,4);;. The summed E-state index contributed by atoms with van der Waals surface area (Å²) in [6.45, 7) is 0.806. The summed E-state index contributed by atoms with van der Waals surface area (Å²) in [7, 11) is 0. The van der Waals surface area contributed by atoms with Crippen LogP contribution in [0.25, 0.3) is 0 Å². The molecule has 0 aliphatic rings. The fourth-order valence-electron chi connectivity index (χ4n) is 0. The first-order valence-electron chi connectivity index (χ1n) is 2.12. The molecule has 0 heterocycles. The van der Waals surface area contributed by atoms with E-state index in [0.29, 0.717) is 0 Å². The summed E-state index contributed by atoms with van der Waals surface area (Å²) in [5.74, 6) is -1.80. The molecule has 6 heteroatoms. The Hall–Kier alpha value is -0.100. The van der Waals surface area contributed by atoms with Gasteiger partial charge in [0.2, 0.25) is 0 Å². The molecule has 0 rings (SSSR count). The van der Waals surface area contributed by atoms with Crippen molar-refractivity contribution < 1.29 is 19.8 Å². The minimum absolute atomic E-state index is 0. The Morgan fingerprint density at radius 3 is 1.50 bits per heavy atom. The van der Waals surface area contributed by atoms with E-state index in [9.17, 15) is 4.79 Å². The van der Waals surface area contributed by atoms with Crippen LogP contribution in [0.1, 0.15) is 6.92 Å². The number of carboxylic acid groups (broad SMARTS) is 2. The molecule has 0 aliphatic carbocycles. The molecule has 0 aromatic carbocycles. The third-order valence-corrected chi connectivity index (χ3v) is 0.175. The molecule has 0 radical (unpaired) electrons. The molecule has 0 saturated heterocycles. The zero-order chi connectivity index (χ0) is 7.86. The molecular weight excluding hydrogens is 149 g/mol. The van der Waals surface area contributed by atoms with Gasteiger partial charge in [-0.2, -0.15) is 0 Å². The van der Waals surface area contributed by atoms with Crippen LogP contribution in [0, 0.1) is 0 Å². The molecule has 0 bridgehead atoms. The van der Waals surface area contributed by atoms with Gasteiger partial charge < -0.3 is 15.9 Å². The quantitative estimate of drug-likeness (QED) is 0.403. The number of carboxylic acids is 2. The zero-order valence-corrected chi connectivity index (χ0v) is 5.00. The van der Waals surface area contributed by atoms with Crippen LogP contribution in [0.5, 0.6) is 0 Å². The number of aliphatic carboxylic acids is 2. The van der Waals surface area contributed by atoms with Gasteiger partial charge in [0.15, 0.2) is 0 Å². The van der Waals surface area contributed by atoms with Crippen LogP contribution in [0.2, 0.25) is 0 Å². The van der Waals surface area contributed by atoms with Gasteiger partial charge in [-0.3, -0.25) is 9.59 Å². The number of hydrogen-bond donors (Lipinski definition) is 3. The van der Waals surface area contributed by atoms with E-state index in [2.05, 4.69) is 5.73 Å². The van der Waals surface area contributed by atoms with Crippen LogP contribution in [0.4, 0.5) is 0 Å². The summed E-state index contributed by atoms with van der Waals surface area (Å²) < 4.78 is 0. The van der Waals surface area contributed by atoms with Gasteiger partial charge in [-0.15, -0.1) is 0 Å². The van der Waals surface area contributed by atoms with Crippen LogP contribution in [-0.2, 0) is 9.59 Å². The van der Waals surface area contributed by atoms with Crippen molar-refractivity contribution >= 4 is 41.5 Å². The summed E-state index contributed by atoms with van der Waals surface area (Å²) >= 11 is 0. The van der Waals surface area contributed by atoms with E-state index in [1.807, 2.05) is 0 Å². The van der Waals surface area contributed by atoms with Crippen LogP contribution in [0.15, 0.2) is 0 Å². The summed E-state index contributed by atoms with van der Waals surface area (Å²) in [5.41, 5.74) is 4.57. The Labute approximate surface area is 80.5 Å². The average molecular weight is 159 g/mol. The topological polar surface area (TPSA) is 101 Å². The van der Waals surface area contributed by atoms with Gasteiger partial charge in [0.1, 0.15) is 0 Å². The maximum absolute atomic E-state index is 9.24. The second-order valence-electron chi connectivity index (χ2n) is 1.12. The Kier molecular flexibility index (Phi) is 19.2. The SMILES string of the molecule is CC(=O)O.NCC(=O)O.[NaH]. The molecule has 0 amide bonds. The van der Waals surface area contributed by atoms with Crippen molar-refractivity contribution in [2.75, 3.05) is 6.54 Å². The Balaban J connectivity index is -0.0000000910. The second kappa shape index (κ2) is 11.7. The summed E-state index contributed by atoms with van der Waals surface area (Å²) in [6.07, 6.45) is 0. The molecule has 0 unspecified atom stereocenters. The Bertz CT molecular complexity index is 101. The second-order valence-corrected chi connectivity index (χ2v) is 1.12. The molecule has 0 saturated carbocycles. The predicted octanol–water partition coefficient (Wildman–Crippen LogP) is -1.53. The van der Waals surface area contributed by atoms with Crippen LogP contribution >= 0.6 is 0 Å². The van der Waals surface area contributed by atoms with Crippen molar-refractivity contribution in [3.8, 4) is 0 Å². The van der Waals surface area contributed by atoms with Crippen LogP contribution in [-0.4, -0.2) is 58.3 Å². The summed E-state index contributed by atoms with van der Waals surface area (Å²) in [4.78, 5) is 18.2. The molecular formula is C4H10NNaO4. The van der Waals surface area contributed by atoms with Crippen molar-refractivity contribution in [3.05, 3.63) is 0 Å². The first-order valence-corrected chi connectivity index (χ1v) is 2.12. The molecule has 10 heavy (non-hydrogen) atoms. The summed E-state index contributed by atoms with van der Waals surface area (Å²) in [6, 6.07) is 0. The number of nitrogens with two attached hydrogens (primary N) is 1. The summed E-state index contributed by atoms with van der Waals surface area (Å²) in [5, 5.41) is 15.0. The molecule has 0 fully saturated rings. The average Bonchev–Trinajstić information content (AvgIpc) is 1.65. The Morgan fingerprint density at radius 1 is 1.40 bits per heavy atom. The molecule has 0 spiro atoms. The van der Waals surface area contributed by atoms with Crippen LogP contribution in [0.3, 0.4) is 0 Å². The van der Waals surface area contributed by atoms with Crippen molar-refractivity contribution in [1.82, 2.24) is 0 Å². The van der Waals surface area contributed by atoms with Gasteiger partial charge in [0.25, 0.3) is 5.97 Å². The van der Waals surface area contributed by atoms with Crippen molar-refractivity contribution in [2.24, 2.45) is 5.73 Å². The van der Waals surface area contributed by atoms with Gasteiger partial charge in [-0.25, -0.2) is 0 Å². The Morgan fingerprint density at radius 2 is 1.50 bits per heavy atom. The van der Waals surface area contributed by atoms with E-state index < -0.39 is 11.9 Å². The maximum atomic E-state index is 9.24. The van der Waals surface area contributed by atoms with E-state index in [1.54, 1.807) is 0 Å². The van der Waals surface area contributed by atoms with Gasteiger partial charge in [0.05, 0.1) is 6.54 Å². The first kappa shape index (κ1) is 16.5. The van der Waals surface area contributed by atoms with E-state index in [0.717, 1.165) is 6.92 Å². The molecule has 0 aromatic heterocycles. The fraction of sp³-hybridized carbons (Fsp3) is 0.500. The third-order valence-electron chi connectivity index (χ3n) is 0.175. The van der Waals surface area contributed by atoms with Crippen LogP contribution < -0.4 is 5.73 Å². The molecule has 0 aromatic rings. The first-order chi connectivity index (χ1) is 4.00. The van der Waals surface area contributed by atoms with E-state index in [4.69, 9.17) is 15.0 Å². The monoisotopic (exact) mass is 159 g/mol. The number of carbonyl (C=O) groups is 2. The minimum atomic E-state index is -0.968. The molecule has 4 N–H and O–H groups in total. The van der Waals surface area contributed by atoms with Gasteiger partial charge in [-0.05, 0) is 0 Å². The molecule has 0 aliphatic heterocycles. The number of rotatable bonds is 1. The zero-order valence-electron chi connectivity index (χ0n) is 5.00. The van der Waals surface area contributed by atoms with Gasteiger partial charge in [-0.1, -0.05) is 0 Å².